The van der Waals surface area contributed by atoms with Crippen LogP contribution in [0.25, 0.3) is 15.9 Å². The smallest absolute Gasteiger partial charge is 0.336 e. The number of amides is 1. The molecule has 0 bridgehead atoms. The van der Waals surface area contributed by atoms with E-state index in [1.54, 1.807) is 47.7 Å². The second-order valence-electron chi connectivity index (χ2n) is 7.42. The van der Waals surface area contributed by atoms with Crippen molar-refractivity contribution in [1.29, 1.82) is 0 Å². The normalized spacial score (nSPS) is 15.0. The highest BCUT2D eigenvalue weighted by Gasteiger charge is 2.24. The molecule has 1 amide bonds. The lowest BCUT2D eigenvalue weighted by molar-refractivity contribution is -0.133. The van der Waals surface area contributed by atoms with E-state index >= 15 is 0 Å². The lowest BCUT2D eigenvalue weighted by atomic mass is 9.94. The van der Waals surface area contributed by atoms with Crippen molar-refractivity contribution in [3.63, 3.8) is 0 Å². The average molecular weight is 432 g/mol. The Bertz CT molecular complexity index is 1170. The molecule has 29 heavy (non-hydrogen) atoms. The summed E-state index contributed by atoms with van der Waals surface area (Å²) in [7, 11) is 1.81. The van der Waals surface area contributed by atoms with Crippen LogP contribution in [0.5, 0.6) is 0 Å². The van der Waals surface area contributed by atoms with E-state index in [4.69, 9.17) is 11.6 Å². The van der Waals surface area contributed by atoms with E-state index in [2.05, 4.69) is 0 Å². The maximum atomic E-state index is 13.3. The van der Waals surface area contributed by atoms with Crippen molar-refractivity contribution >= 4 is 39.1 Å². The fraction of sp³-hybridized carbons (Fsp3) is 0.381. The zero-order chi connectivity index (χ0) is 20.5. The van der Waals surface area contributed by atoms with Gasteiger partial charge in [0.1, 0.15) is 11.2 Å². The minimum absolute atomic E-state index is 0.0973. The third kappa shape index (κ3) is 3.76. The molecule has 8 heteroatoms. The topological polar surface area (TPSA) is 64.3 Å². The van der Waals surface area contributed by atoms with E-state index in [1.807, 2.05) is 0 Å². The van der Waals surface area contributed by atoms with Crippen molar-refractivity contribution < 1.29 is 4.79 Å². The number of rotatable bonds is 4. The summed E-state index contributed by atoms with van der Waals surface area (Å²) in [5.41, 5.74) is -0.0431. The molecule has 2 aromatic heterocycles. The maximum absolute atomic E-state index is 13.3. The summed E-state index contributed by atoms with van der Waals surface area (Å²) in [6, 6.07) is 8.54. The third-order valence-corrected chi connectivity index (χ3v) is 6.76. The SMILES string of the molecule is CN(C(=O)Cn1c(=O)n(-c2cccc(Cl)c2)c(=O)c2sccc21)C1CCCCC1. The molecule has 0 spiro atoms. The van der Waals surface area contributed by atoms with Crippen molar-refractivity contribution in [1.82, 2.24) is 14.0 Å². The zero-order valence-electron chi connectivity index (χ0n) is 16.1. The molecule has 0 atom stereocenters. The van der Waals surface area contributed by atoms with E-state index in [0.717, 1.165) is 30.3 Å². The molecule has 0 unspecified atom stereocenters. The molecular weight excluding hydrogens is 410 g/mol. The fourth-order valence-electron chi connectivity index (χ4n) is 4.00. The van der Waals surface area contributed by atoms with Gasteiger partial charge in [0.25, 0.3) is 5.56 Å². The second-order valence-corrected chi connectivity index (χ2v) is 8.77. The molecule has 3 aromatic rings. The van der Waals surface area contributed by atoms with Crippen LogP contribution < -0.4 is 11.2 Å². The Morgan fingerprint density at radius 1 is 1.21 bits per heavy atom. The minimum Gasteiger partial charge on any atom is -0.341 e. The van der Waals surface area contributed by atoms with Gasteiger partial charge >= 0.3 is 5.69 Å². The van der Waals surface area contributed by atoms with E-state index in [0.29, 0.717) is 20.9 Å². The number of halogens is 1. The Hall–Kier alpha value is -2.38. The first-order valence-corrected chi connectivity index (χ1v) is 11.0. The van der Waals surface area contributed by atoms with E-state index in [9.17, 15) is 14.4 Å². The van der Waals surface area contributed by atoms with E-state index < -0.39 is 11.2 Å². The first-order valence-electron chi connectivity index (χ1n) is 9.72. The van der Waals surface area contributed by atoms with Gasteiger partial charge in [-0.25, -0.2) is 9.36 Å². The highest BCUT2D eigenvalue weighted by atomic mass is 35.5. The summed E-state index contributed by atoms with van der Waals surface area (Å²) >= 11 is 7.33. The Kier molecular flexibility index (Phi) is 5.61. The fourth-order valence-corrected chi connectivity index (χ4v) is 5.01. The average Bonchev–Trinajstić information content (AvgIpc) is 3.21. The van der Waals surface area contributed by atoms with Crippen molar-refractivity contribution in [3.8, 4) is 5.69 Å². The second kappa shape index (κ2) is 8.16. The van der Waals surface area contributed by atoms with Crippen LogP contribution in [0.1, 0.15) is 32.1 Å². The molecule has 0 saturated heterocycles. The summed E-state index contributed by atoms with van der Waals surface area (Å²) in [6.45, 7) is -0.0973. The molecule has 152 valence electrons. The molecule has 0 N–H and O–H groups in total. The Morgan fingerprint density at radius 3 is 2.69 bits per heavy atom. The van der Waals surface area contributed by atoms with Gasteiger partial charge in [0.2, 0.25) is 5.91 Å². The number of hydrogen-bond acceptors (Lipinski definition) is 4. The van der Waals surface area contributed by atoms with E-state index in [1.165, 1.54) is 22.3 Å². The van der Waals surface area contributed by atoms with Crippen molar-refractivity contribution in [2.75, 3.05) is 7.05 Å². The number of benzene rings is 1. The van der Waals surface area contributed by atoms with Gasteiger partial charge in [0.15, 0.2) is 0 Å². The van der Waals surface area contributed by atoms with Gasteiger partial charge in [-0.2, -0.15) is 0 Å². The van der Waals surface area contributed by atoms with Crippen molar-refractivity contribution in [2.45, 2.75) is 44.7 Å². The molecule has 1 aliphatic rings. The number of carbonyl (C=O) groups is 1. The summed E-state index contributed by atoms with van der Waals surface area (Å²) < 4.78 is 2.94. The Labute approximate surface area is 176 Å². The van der Waals surface area contributed by atoms with Gasteiger partial charge < -0.3 is 4.90 Å². The number of fused-ring (bicyclic) bond motifs is 1. The lowest BCUT2D eigenvalue weighted by Gasteiger charge is -2.31. The number of likely N-dealkylation sites (N-methyl/N-ethyl adjacent to an activating group) is 1. The molecule has 1 aliphatic carbocycles. The van der Waals surface area contributed by atoms with Crippen LogP contribution in [-0.2, 0) is 11.3 Å². The van der Waals surface area contributed by atoms with Crippen LogP contribution in [0, 0.1) is 0 Å². The largest absolute Gasteiger partial charge is 0.341 e. The molecule has 0 radical (unpaired) electrons. The number of thiophene rings is 1. The summed E-state index contributed by atoms with van der Waals surface area (Å²) in [5, 5.41) is 2.19. The van der Waals surface area contributed by atoms with Crippen LogP contribution in [0.3, 0.4) is 0 Å². The van der Waals surface area contributed by atoms with E-state index in [-0.39, 0.29) is 18.5 Å². The maximum Gasteiger partial charge on any atom is 0.336 e. The van der Waals surface area contributed by atoms with Gasteiger partial charge in [-0.15, -0.1) is 11.3 Å². The molecule has 0 aliphatic heterocycles. The molecule has 2 heterocycles. The predicted octanol–water partition coefficient (Wildman–Crippen LogP) is 3.66. The first kappa shape index (κ1) is 19.9. The van der Waals surface area contributed by atoms with Gasteiger partial charge in [-0.1, -0.05) is 36.9 Å². The number of nitrogens with zero attached hydrogens (tertiary/aromatic N) is 3. The lowest BCUT2D eigenvalue weighted by Crippen LogP contribution is -2.44. The van der Waals surface area contributed by atoms with Crippen LogP contribution in [0.15, 0.2) is 45.3 Å². The summed E-state index contributed by atoms with van der Waals surface area (Å²) in [6.07, 6.45) is 5.44. The van der Waals surface area contributed by atoms with Gasteiger partial charge in [0.05, 0.1) is 11.2 Å². The summed E-state index contributed by atoms with van der Waals surface area (Å²) in [4.78, 5) is 41.0. The monoisotopic (exact) mass is 431 g/mol. The first-order chi connectivity index (χ1) is 14.0. The Balaban J connectivity index is 1.78. The molecule has 4 rings (SSSR count). The number of carbonyl (C=O) groups excluding carboxylic acids is 1. The highest BCUT2D eigenvalue weighted by Crippen LogP contribution is 2.22. The number of aromatic nitrogens is 2. The van der Waals surface area contributed by atoms with Crippen LogP contribution >= 0.6 is 22.9 Å². The molecule has 1 aromatic carbocycles. The minimum atomic E-state index is -0.534. The number of hydrogen-bond donors (Lipinski definition) is 0. The highest BCUT2D eigenvalue weighted by molar-refractivity contribution is 7.17. The van der Waals surface area contributed by atoms with Crippen LogP contribution in [-0.4, -0.2) is 33.0 Å². The molecular formula is C21H22ClN3O3S. The Morgan fingerprint density at radius 2 is 1.97 bits per heavy atom. The molecule has 1 fully saturated rings. The van der Waals surface area contributed by atoms with Gasteiger partial charge in [-0.05, 0) is 42.5 Å². The zero-order valence-corrected chi connectivity index (χ0v) is 17.7. The standard InChI is InChI=1S/C21H22ClN3O3S/c1-23(15-7-3-2-4-8-15)18(26)13-24-17-10-11-29-19(17)20(27)25(21(24)28)16-9-5-6-14(22)12-16/h5-6,9-12,15H,2-4,7-8,13H2,1H3. The summed E-state index contributed by atoms with van der Waals surface area (Å²) in [5.74, 6) is -0.122. The predicted molar refractivity (Wildman–Crippen MR) is 116 cm³/mol. The van der Waals surface area contributed by atoms with Gasteiger partial charge in [-0.3, -0.25) is 14.2 Å². The van der Waals surface area contributed by atoms with Crippen LogP contribution in [0.4, 0.5) is 0 Å². The molecule has 1 saturated carbocycles. The quantitative estimate of drug-likeness (QED) is 0.633. The molecule has 6 nitrogen and oxygen atoms in total. The van der Waals surface area contributed by atoms with Gasteiger partial charge in [0, 0.05) is 18.1 Å². The third-order valence-electron chi connectivity index (χ3n) is 5.63. The van der Waals surface area contributed by atoms with Crippen LogP contribution in [0.2, 0.25) is 5.02 Å². The van der Waals surface area contributed by atoms with Crippen molar-refractivity contribution in [3.05, 3.63) is 61.6 Å². The van der Waals surface area contributed by atoms with Crippen molar-refractivity contribution in [2.24, 2.45) is 0 Å².